The van der Waals surface area contributed by atoms with Gasteiger partial charge in [-0.1, -0.05) is 6.92 Å². The molecular weight excluding hydrogens is 440 g/mol. The number of ether oxygens (including phenoxy) is 1. The van der Waals surface area contributed by atoms with Gasteiger partial charge in [-0.3, -0.25) is 4.79 Å². The lowest BCUT2D eigenvalue weighted by Gasteiger charge is -2.13. The maximum absolute atomic E-state index is 14.2. The maximum atomic E-state index is 14.2. The predicted molar refractivity (Wildman–Crippen MR) is 116 cm³/mol. The summed E-state index contributed by atoms with van der Waals surface area (Å²) in [6.07, 6.45) is 4.44. The summed E-state index contributed by atoms with van der Waals surface area (Å²) in [5.41, 5.74) is 2.03. The molecule has 4 rings (SSSR count). The van der Waals surface area contributed by atoms with Crippen molar-refractivity contribution in [3.05, 3.63) is 82.0 Å². The van der Waals surface area contributed by atoms with E-state index in [1.165, 1.54) is 12.4 Å². The van der Waals surface area contributed by atoms with Crippen LogP contribution in [0.1, 0.15) is 18.1 Å². The Balaban J connectivity index is 1.91. The molecule has 0 aliphatic carbocycles. The summed E-state index contributed by atoms with van der Waals surface area (Å²) < 4.78 is 59.0. The van der Waals surface area contributed by atoms with Gasteiger partial charge in [0.1, 0.15) is 11.3 Å². The van der Waals surface area contributed by atoms with E-state index in [1.807, 2.05) is 0 Å². The Morgan fingerprint density at radius 1 is 1.19 bits per heavy atom. The molecule has 4 aromatic rings. The molecule has 0 aliphatic heterocycles. The number of pyridine rings is 1. The summed E-state index contributed by atoms with van der Waals surface area (Å²) in [7, 11) is -3.34. The number of fused-ring (bicyclic) bond motifs is 1. The van der Waals surface area contributed by atoms with E-state index >= 15 is 0 Å². The molecule has 0 amide bonds. The van der Waals surface area contributed by atoms with Crippen molar-refractivity contribution in [3.63, 3.8) is 0 Å². The summed E-state index contributed by atoms with van der Waals surface area (Å²) in [6.45, 7) is 3.31. The molecule has 1 N–H and O–H groups in total. The molecule has 0 saturated carbocycles. The topological polar surface area (TPSA) is 93.5 Å². The van der Waals surface area contributed by atoms with E-state index in [-0.39, 0.29) is 28.7 Å². The number of hydrogen-bond donors (Lipinski definition) is 1. The predicted octanol–water partition coefficient (Wildman–Crippen LogP) is 4.00. The number of nitrogens with one attached hydrogen (secondary N) is 1. The Morgan fingerprint density at radius 3 is 2.69 bits per heavy atom. The van der Waals surface area contributed by atoms with Crippen molar-refractivity contribution in [3.8, 4) is 22.9 Å². The Kier molecular flexibility index (Phi) is 5.55. The van der Waals surface area contributed by atoms with Crippen LogP contribution in [-0.4, -0.2) is 28.5 Å². The summed E-state index contributed by atoms with van der Waals surface area (Å²) in [6, 6.07) is 6.19. The first kappa shape index (κ1) is 21.7. The fourth-order valence-corrected chi connectivity index (χ4v) is 4.29. The average Bonchev–Trinajstić information content (AvgIpc) is 3.08. The standard InChI is InChI=1S/C22H19F2N3O4S/c1-3-32(29,30)12-14-9-16(18-8-13(2)20-21(28)25-6-7-27(18)20)22(26-11-14)31-19-5-4-15(23)10-17(19)24/h4-11H,3,12H2,1-2H3,(H,25,28). The number of nitrogens with zero attached hydrogens (tertiary/aromatic N) is 2. The fourth-order valence-electron chi connectivity index (χ4n) is 3.42. The zero-order valence-electron chi connectivity index (χ0n) is 17.2. The molecule has 0 aliphatic rings. The second kappa shape index (κ2) is 8.19. The highest BCUT2D eigenvalue weighted by Gasteiger charge is 2.20. The quantitative estimate of drug-likeness (QED) is 0.470. The van der Waals surface area contributed by atoms with Crippen LogP contribution in [0, 0.1) is 18.6 Å². The lowest BCUT2D eigenvalue weighted by Crippen LogP contribution is -2.09. The van der Waals surface area contributed by atoms with E-state index in [4.69, 9.17) is 4.74 Å². The lowest BCUT2D eigenvalue weighted by atomic mass is 10.1. The van der Waals surface area contributed by atoms with Crippen molar-refractivity contribution in [1.82, 2.24) is 14.4 Å². The molecule has 0 atom stereocenters. The lowest BCUT2D eigenvalue weighted by molar-refractivity contribution is 0.425. The van der Waals surface area contributed by atoms with Crippen LogP contribution in [0.5, 0.6) is 11.6 Å². The summed E-state index contributed by atoms with van der Waals surface area (Å²) >= 11 is 0. The monoisotopic (exact) mass is 459 g/mol. The number of rotatable bonds is 6. The Morgan fingerprint density at radius 2 is 1.97 bits per heavy atom. The SMILES string of the molecule is CCS(=O)(=O)Cc1cnc(Oc2ccc(F)cc2F)c(-c2cc(C)c3c(=O)[nH]ccn23)c1. The number of aromatic amines is 1. The largest absolute Gasteiger partial charge is 0.435 e. The van der Waals surface area contributed by atoms with Crippen molar-refractivity contribution in [2.75, 3.05) is 5.75 Å². The first-order chi connectivity index (χ1) is 15.2. The number of benzene rings is 1. The minimum atomic E-state index is -3.34. The number of sulfone groups is 1. The van der Waals surface area contributed by atoms with E-state index in [2.05, 4.69) is 9.97 Å². The second-order valence-electron chi connectivity index (χ2n) is 7.27. The van der Waals surface area contributed by atoms with Gasteiger partial charge in [0.2, 0.25) is 5.88 Å². The highest BCUT2D eigenvalue weighted by molar-refractivity contribution is 7.90. The van der Waals surface area contributed by atoms with Gasteiger partial charge in [-0.25, -0.2) is 22.2 Å². The Hall–Kier alpha value is -3.53. The molecule has 0 radical (unpaired) electrons. The Labute approximate surface area is 182 Å². The molecule has 0 bridgehead atoms. The van der Waals surface area contributed by atoms with Crippen molar-refractivity contribution in [1.29, 1.82) is 0 Å². The van der Waals surface area contributed by atoms with Crippen LogP contribution in [0.4, 0.5) is 8.78 Å². The number of hydrogen-bond acceptors (Lipinski definition) is 5. The average molecular weight is 459 g/mol. The minimum Gasteiger partial charge on any atom is -0.435 e. The van der Waals surface area contributed by atoms with Crippen LogP contribution in [0.25, 0.3) is 16.8 Å². The molecule has 1 aromatic carbocycles. The molecule has 7 nitrogen and oxygen atoms in total. The van der Waals surface area contributed by atoms with Crippen LogP contribution >= 0.6 is 0 Å². The van der Waals surface area contributed by atoms with E-state index in [9.17, 15) is 22.0 Å². The molecule has 10 heteroatoms. The summed E-state index contributed by atoms with van der Waals surface area (Å²) in [4.78, 5) is 19.1. The van der Waals surface area contributed by atoms with Crippen molar-refractivity contribution in [2.24, 2.45) is 0 Å². The highest BCUT2D eigenvalue weighted by Crippen LogP contribution is 2.35. The highest BCUT2D eigenvalue weighted by atomic mass is 32.2. The first-order valence-electron chi connectivity index (χ1n) is 9.70. The van der Waals surface area contributed by atoms with Crippen molar-refractivity contribution < 1.29 is 21.9 Å². The van der Waals surface area contributed by atoms with E-state index < -0.39 is 21.5 Å². The van der Waals surface area contributed by atoms with Crippen LogP contribution in [0.2, 0.25) is 0 Å². The van der Waals surface area contributed by atoms with E-state index in [1.54, 1.807) is 36.6 Å². The Bertz CT molecular complexity index is 1490. The molecule has 32 heavy (non-hydrogen) atoms. The molecule has 3 heterocycles. The van der Waals surface area contributed by atoms with Gasteiger partial charge in [0.15, 0.2) is 21.4 Å². The third-order valence-corrected chi connectivity index (χ3v) is 6.64. The van der Waals surface area contributed by atoms with E-state index in [0.717, 1.165) is 12.1 Å². The first-order valence-corrected chi connectivity index (χ1v) is 11.5. The van der Waals surface area contributed by atoms with Gasteiger partial charge >= 0.3 is 0 Å². The van der Waals surface area contributed by atoms with Crippen LogP contribution in [0.15, 0.2) is 53.7 Å². The zero-order chi connectivity index (χ0) is 23.0. The fraction of sp³-hybridized carbons (Fsp3) is 0.182. The normalized spacial score (nSPS) is 11.8. The van der Waals surface area contributed by atoms with Gasteiger partial charge in [0.25, 0.3) is 5.56 Å². The van der Waals surface area contributed by atoms with Gasteiger partial charge in [0, 0.05) is 30.4 Å². The molecule has 166 valence electrons. The molecule has 0 spiro atoms. The molecule has 0 fully saturated rings. The van der Waals surface area contributed by atoms with Crippen molar-refractivity contribution in [2.45, 2.75) is 19.6 Å². The second-order valence-corrected chi connectivity index (χ2v) is 9.62. The van der Waals surface area contributed by atoms with Crippen LogP contribution < -0.4 is 10.3 Å². The molecule has 0 unspecified atom stereocenters. The van der Waals surface area contributed by atoms with Gasteiger partial charge in [-0.15, -0.1) is 0 Å². The number of halogens is 2. The van der Waals surface area contributed by atoms with Gasteiger partial charge in [-0.05, 0) is 42.3 Å². The molecular formula is C22H19F2N3O4S. The minimum absolute atomic E-state index is 0.0205. The smallest absolute Gasteiger partial charge is 0.272 e. The van der Waals surface area contributed by atoms with Gasteiger partial charge < -0.3 is 14.1 Å². The van der Waals surface area contributed by atoms with Gasteiger partial charge in [-0.2, -0.15) is 0 Å². The summed E-state index contributed by atoms with van der Waals surface area (Å²) in [5.74, 6) is -2.21. The third kappa shape index (κ3) is 4.13. The maximum Gasteiger partial charge on any atom is 0.272 e. The van der Waals surface area contributed by atoms with Crippen molar-refractivity contribution >= 4 is 15.4 Å². The number of aryl methyl sites for hydroxylation is 1. The van der Waals surface area contributed by atoms with Gasteiger partial charge in [0.05, 0.1) is 17.0 Å². The van der Waals surface area contributed by atoms with Crippen LogP contribution in [0.3, 0.4) is 0 Å². The number of aromatic nitrogens is 3. The zero-order valence-corrected chi connectivity index (χ0v) is 18.0. The number of H-pyrrole nitrogens is 1. The van der Waals surface area contributed by atoms with Crippen LogP contribution in [-0.2, 0) is 15.6 Å². The van der Waals surface area contributed by atoms with E-state index in [0.29, 0.717) is 34.0 Å². The summed E-state index contributed by atoms with van der Waals surface area (Å²) in [5, 5.41) is 0. The molecule has 0 saturated heterocycles. The third-order valence-electron chi connectivity index (χ3n) is 4.99. The molecule has 3 aromatic heterocycles.